The molecule has 1 aliphatic carbocycles. The molecule has 1 aromatic rings. The van der Waals surface area contributed by atoms with Gasteiger partial charge in [-0.3, -0.25) is 5.43 Å². The molecule has 0 aromatic heterocycles. The number of rotatable bonds is 1. The Morgan fingerprint density at radius 3 is 2.39 bits per heavy atom. The van der Waals surface area contributed by atoms with E-state index in [4.69, 9.17) is 5.10 Å². The van der Waals surface area contributed by atoms with E-state index in [0.29, 0.717) is 5.92 Å². The van der Waals surface area contributed by atoms with Crippen LogP contribution in [0.4, 0.5) is 0 Å². The molecule has 1 heterocycles. The lowest BCUT2D eigenvalue weighted by Gasteiger charge is -2.30. The Bertz CT molecular complexity index is 614. The first-order chi connectivity index (χ1) is 11.0. The number of nitrogens with one attached hydrogen (secondary N) is 1. The van der Waals surface area contributed by atoms with Crippen molar-refractivity contribution in [2.45, 2.75) is 71.6 Å². The fourth-order valence-corrected chi connectivity index (χ4v) is 3.82. The minimum Gasteiger partial charge on any atom is -0.283 e. The Balaban J connectivity index is 1.89. The number of hydrazone groups is 1. The summed E-state index contributed by atoms with van der Waals surface area (Å²) in [5.74, 6) is 0.511. The largest absolute Gasteiger partial charge is 0.283 e. The summed E-state index contributed by atoms with van der Waals surface area (Å²) in [6, 6.07) is 9.06. The minimum absolute atomic E-state index is 0.201. The van der Waals surface area contributed by atoms with E-state index in [-0.39, 0.29) is 5.41 Å². The molecule has 0 radical (unpaired) electrons. The molecule has 1 N–H and O–H groups in total. The van der Waals surface area contributed by atoms with Gasteiger partial charge >= 0.3 is 0 Å². The van der Waals surface area contributed by atoms with Gasteiger partial charge in [0.05, 0.1) is 5.71 Å². The van der Waals surface area contributed by atoms with Gasteiger partial charge in [-0.15, -0.1) is 0 Å². The Kier molecular flexibility index (Phi) is 4.61. The van der Waals surface area contributed by atoms with Gasteiger partial charge in [-0.25, -0.2) is 0 Å². The van der Waals surface area contributed by atoms with Gasteiger partial charge in [0.15, 0.2) is 0 Å². The number of allylic oxidation sites excluding steroid dienone is 2. The van der Waals surface area contributed by atoms with Crippen LogP contribution >= 0.6 is 0 Å². The summed E-state index contributed by atoms with van der Waals surface area (Å²) in [4.78, 5) is 0. The third kappa shape index (κ3) is 3.52. The molecule has 1 atom stereocenters. The molecular weight excluding hydrogens is 280 g/mol. The van der Waals surface area contributed by atoms with E-state index in [9.17, 15) is 0 Å². The summed E-state index contributed by atoms with van der Waals surface area (Å²) in [5, 5.41) is 4.74. The van der Waals surface area contributed by atoms with Crippen LogP contribution in [-0.4, -0.2) is 5.71 Å². The zero-order valence-electron chi connectivity index (χ0n) is 15.1. The van der Waals surface area contributed by atoms with Crippen LogP contribution in [0.5, 0.6) is 0 Å². The highest BCUT2D eigenvalue weighted by Crippen LogP contribution is 2.34. The minimum atomic E-state index is 0.201. The number of nitrogens with zero attached hydrogens (tertiary/aromatic N) is 1. The van der Waals surface area contributed by atoms with Crippen LogP contribution in [0.15, 0.2) is 40.6 Å². The molecule has 1 unspecified atom stereocenters. The maximum absolute atomic E-state index is 4.74. The second kappa shape index (κ2) is 6.51. The van der Waals surface area contributed by atoms with Crippen molar-refractivity contribution in [3.63, 3.8) is 0 Å². The molecular formula is C21H30N2. The van der Waals surface area contributed by atoms with Gasteiger partial charge in [-0.05, 0) is 48.3 Å². The van der Waals surface area contributed by atoms with Gasteiger partial charge in [-0.1, -0.05) is 64.3 Å². The second-order valence-electron chi connectivity index (χ2n) is 8.09. The van der Waals surface area contributed by atoms with Gasteiger partial charge in [-0.2, -0.15) is 5.10 Å². The van der Waals surface area contributed by atoms with Crippen LogP contribution in [0.25, 0.3) is 0 Å². The van der Waals surface area contributed by atoms with Crippen molar-refractivity contribution in [3.8, 4) is 0 Å². The molecule has 23 heavy (non-hydrogen) atoms. The van der Waals surface area contributed by atoms with E-state index >= 15 is 0 Å². The van der Waals surface area contributed by atoms with Gasteiger partial charge in [0.1, 0.15) is 0 Å². The maximum Gasteiger partial charge on any atom is 0.0751 e. The standard InChI is InChI=1S/C21H30N2/c1-15-18-9-7-5-6-8-10-19(18)20(23-22-15)16-11-13-17(14-12-16)21(2,3)4/h11-14,19,22H,5-10H2,1-4H3. The van der Waals surface area contributed by atoms with Crippen molar-refractivity contribution in [1.29, 1.82) is 0 Å². The van der Waals surface area contributed by atoms with E-state index in [1.54, 1.807) is 5.57 Å². The van der Waals surface area contributed by atoms with Gasteiger partial charge < -0.3 is 0 Å². The molecule has 0 amide bonds. The smallest absolute Gasteiger partial charge is 0.0751 e. The SMILES string of the molecule is CC1=C2CCCCCCC2C(c2ccc(C(C)(C)C)cc2)=NN1. The molecule has 0 bridgehead atoms. The van der Waals surface area contributed by atoms with Crippen molar-refractivity contribution in [1.82, 2.24) is 5.43 Å². The number of benzene rings is 1. The van der Waals surface area contributed by atoms with E-state index in [0.717, 1.165) is 0 Å². The third-order valence-electron chi connectivity index (χ3n) is 5.31. The topological polar surface area (TPSA) is 24.4 Å². The Morgan fingerprint density at radius 2 is 1.70 bits per heavy atom. The first-order valence-electron chi connectivity index (χ1n) is 9.11. The summed E-state index contributed by atoms with van der Waals surface area (Å²) in [6.45, 7) is 8.98. The lowest BCUT2D eigenvalue weighted by molar-refractivity contribution is 0.511. The van der Waals surface area contributed by atoms with Crippen molar-refractivity contribution in [2.75, 3.05) is 0 Å². The predicted octanol–water partition coefficient (Wildman–Crippen LogP) is 5.54. The summed E-state index contributed by atoms with van der Waals surface area (Å²) in [6.07, 6.45) is 7.85. The molecule has 2 heteroatoms. The first kappa shape index (κ1) is 16.3. The molecule has 1 saturated carbocycles. The van der Waals surface area contributed by atoms with E-state index < -0.39 is 0 Å². The lowest BCUT2D eigenvalue weighted by atomic mass is 9.79. The highest BCUT2D eigenvalue weighted by molar-refractivity contribution is 6.04. The fraction of sp³-hybridized carbons (Fsp3) is 0.571. The van der Waals surface area contributed by atoms with Crippen LogP contribution in [0.1, 0.15) is 77.3 Å². The fourth-order valence-electron chi connectivity index (χ4n) is 3.82. The molecule has 2 aliphatic rings. The summed E-state index contributed by atoms with van der Waals surface area (Å²) < 4.78 is 0. The lowest BCUT2D eigenvalue weighted by Crippen LogP contribution is -2.29. The monoisotopic (exact) mass is 310 g/mol. The van der Waals surface area contributed by atoms with Gasteiger partial charge in [0, 0.05) is 11.6 Å². The molecule has 1 aromatic carbocycles. The van der Waals surface area contributed by atoms with Crippen molar-refractivity contribution >= 4 is 5.71 Å². The number of fused-ring (bicyclic) bond motifs is 1. The zero-order chi connectivity index (χ0) is 16.4. The van der Waals surface area contributed by atoms with Crippen molar-refractivity contribution in [2.24, 2.45) is 11.0 Å². The molecule has 0 saturated heterocycles. The molecule has 1 aliphatic heterocycles. The predicted molar refractivity (Wildman–Crippen MR) is 98.7 cm³/mol. The highest BCUT2D eigenvalue weighted by Gasteiger charge is 2.28. The van der Waals surface area contributed by atoms with Gasteiger partial charge in [0.2, 0.25) is 0 Å². The Hall–Kier alpha value is -1.57. The van der Waals surface area contributed by atoms with Crippen LogP contribution in [0.3, 0.4) is 0 Å². The van der Waals surface area contributed by atoms with Crippen LogP contribution in [-0.2, 0) is 5.41 Å². The highest BCUT2D eigenvalue weighted by atomic mass is 15.3. The van der Waals surface area contributed by atoms with Crippen molar-refractivity contribution in [3.05, 3.63) is 46.7 Å². The Morgan fingerprint density at radius 1 is 1.00 bits per heavy atom. The average Bonchev–Trinajstić information content (AvgIpc) is 2.48. The molecule has 0 spiro atoms. The average molecular weight is 310 g/mol. The molecule has 124 valence electrons. The van der Waals surface area contributed by atoms with Crippen LogP contribution in [0.2, 0.25) is 0 Å². The van der Waals surface area contributed by atoms with E-state index in [1.807, 2.05) is 0 Å². The summed E-state index contributed by atoms with van der Waals surface area (Å²) in [7, 11) is 0. The maximum atomic E-state index is 4.74. The summed E-state index contributed by atoms with van der Waals surface area (Å²) >= 11 is 0. The van der Waals surface area contributed by atoms with E-state index in [2.05, 4.69) is 57.4 Å². The molecule has 2 nitrogen and oxygen atoms in total. The van der Waals surface area contributed by atoms with E-state index in [1.165, 1.54) is 61.1 Å². The second-order valence-corrected chi connectivity index (χ2v) is 8.09. The summed E-state index contributed by atoms with van der Waals surface area (Å²) in [5.41, 5.74) is 10.3. The van der Waals surface area contributed by atoms with Crippen LogP contribution < -0.4 is 5.43 Å². The first-order valence-corrected chi connectivity index (χ1v) is 9.11. The molecule has 1 fully saturated rings. The van der Waals surface area contributed by atoms with Crippen molar-refractivity contribution < 1.29 is 0 Å². The van der Waals surface area contributed by atoms with Crippen LogP contribution in [0, 0.1) is 5.92 Å². The normalized spacial score (nSPS) is 22.6. The quantitative estimate of drug-likeness (QED) is 0.724. The number of hydrogen-bond donors (Lipinski definition) is 1. The number of hydrogen-bond acceptors (Lipinski definition) is 2. The third-order valence-corrected chi connectivity index (χ3v) is 5.31. The molecule has 3 rings (SSSR count). The Labute approximate surface area is 141 Å². The van der Waals surface area contributed by atoms with Gasteiger partial charge in [0.25, 0.3) is 0 Å². The zero-order valence-corrected chi connectivity index (χ0v) is 15.1.